The van der Waals surface area contributed by atoms with E-state index in [2.05, 4.69) is 36.5 Å². The summed E-state index contributed by atoms with van der Waals surface area (Å²) < 4.78 is 0. The first kappa shape index (κ1) is 16.5. The number of nitrogens with zero attached hydrogens (tertiary/aromatic N) is 1. The van der Waals surface area contributed by atoms with Crippen LogP contribution in [0.4, 0.5) is 5.69 Å². The van der Waals surface area contributed by atoms with Crippen molar-refractivity contribution in [2.75, 3.05) is 5.73 Å². The number of benzene rings is 1. The van der Waals surface area contributed by atoms with Gasteiger partial charge in [-0.2, -0.15) is 0 Å². The molecule has 1 aromatic carbocycles. The second kappa shape index (κ2) is 6.92. The number of carbonyl (C=O) groups is 1. The molecule has 4 nitrogen and oxygen atoms in total. The summed E-state index contributed by atoms with van der Waals surface area (Å²) in [7, 11) is 0. The predicted octanol–water partition coefficient (Wildman–Crippen LogP) is 3.27. The minimum Gasteiger partial charge on any atom is -0.399 e. The molecule has 1 amide bonds. The Morgan fingerprint density at radius 3 is 2.68 bits per heavy atom. The number of amides is 1. The second-order valence-corrected chi connectivity index (χ2v) is 7.29. The molecular weight excluding hydrogens is 294 g/mol. The van der Waals surface area contributed by atoms with Crippen molar-refractivity contribution in [1.29, 1.82) is 0 Å². The molecule has 1 heterocycles. The van der Waals surface area contributed by atoms with Gasteiger partial charge in [-0.3, -0.25) is 4.79 Å². The molecule has 0 saturated carbocycles. The lowest BCUT2D eigenvalue weighted by atomic mass is 9.93. The number of aromatic nitrogens is 1. The lowest BCUT2D eigenvalue weighted by Gasteiger charge is -2.14. The largest absolute Gasteiger partial charge is 0.399 e. The van der Waals surface area contributed by atoms with E-state index in [1.54, 1.807) is 11.3 Å². The summed E-state index contributed by atoms with van der Waals surface area (Å²) in [4.78, 5) is 16.5. The summed E-state index contributed by atoms with van der Waals surface area (Å²) >= 11 is 1.59. The van der Waals surface area contributed by atoms with Gasteiger partial charge in [0.25, 0.3) is 0 Å². The highest BCUT2D eigenvalue weighted by Gasteiger charge is 2.17. The van der Waals surface area contributed by atoms with Crippen LogP contribution < -0.4 is 11.1 Å². The van der Waals surface area contributed by atoms with Crippen LogP contribution in [0.2, 0.25) is 0 Å². The Kier molecular flexibility index (Phi) is 5.19. The number of carbonyl (C=O) groups excluding carboxylic acids is 1. The summed E-state index contributed by atoms with van der Waals surface area (Å²) in [6, 6.07) is 7.65. The van der Waals surface area contributed by atoms with Crippen molar-refractivity contribution in [3.63, 3.8) is 0 Å². The average molecular weight is 317 g/mol. The molecule has 5 heteroatoms. The van der Waals surface area contributed by atoms with E-state index in [0.717, 1.165) is 22.0 Å². The molecule has 22 heavy (non-hydrogen) atoms. The monoisotopic (exact) mass is 317 g/mol. The maximum Gasteiger partial charge on any atom is 0.220 e. The van der Waals surface area contributed by atoms with Crippen molar-refractivity contribution in [2.45, 2.75) is 45.6 Å². The van der Waals surface area contributed by atoms with Crippen LogP contribution in [0.5, 0.6) is 0 Å². The van der Waals surface area contributed by atoms with Gasteiger partial charge in [0.05, 0.1) is 12.2 Å². The fourth-order valence-electron chi connectivity index (χ4n) is 2.01. The van der Waals surface area contributed by atoms with E-state index >= 15 is 0 Å². The number of hydrogen-bond acceptors (Lipinski definition) is 4. The number of para-hydroxylation sites is 1. The van der Waals surface area contributed by atoms with E-state index in [0.29, 0.717) is 19.4 Å². The van der Waals surface area contributed by atoms with Gasteiger partial charge in [-0.15, -0.1) is 11.3 Å². The van der Waals surface area contributed by atoms with Gasteiger partial charge in [-0.05, 0) is 18.1 Å². The van der Waals surface area contributed by atoms with Crippen LogP contribution in [0.3, 0.4) is 0 Å². The van der Waals surface area contributed by atoms with E-state index in [1.165, 1.54) is 0 Å². The molecule has 0 fully saturated rings. The van der Waals surface area contributed by atoms with Gasteiger partial charge in [-0.1, -0.05) is 39.0 Å². The second-order valence-electron chi connectivity index (χ2n) is 6.35. The van der Waals surface area contributed by atoms with Crippen LogP contribution in [0.1, 0.15) is 43.5 Å². The smallest absolute Gasteiger partial charge is 0.220 e. The van der Waals surface area contributed by atoms with Gasteiger partial charge in [0, 0.05) is 22.9 Å². The average Bonchev–Trinajstić information content (AvgIpc) is 2.93. The molecule has 0 unspecified atom stereocenters. The molecular formula is C17H23N3OS. The minimum atomic E-state index is 0.0239. The minimum absolute atomic E-state index is 0.0239. The van der Waals surface area contributed by atoms with Gasteiger partial charge < -0.3 is 11.1 Å². The van der Waals surface area contributed by atoms with Gasteiger partial charge in [0.1, 0.15) is 5.01 Å². The van der Waals surface area contributed by atoms with Crippen LogP contribution in [-0.2, 0) is 23.2 Å². The zero-order valence-electron chi connectivity index (χ0n) is 13.3. The Balaban J connectivity index is 1.81. The summed E-state index contributed by atoms with van der Waals surface area (Å²) in [5, 5.41) is 5.93. The SMILES string of the molecule is CC(C)(C)c1csc(CNC(=O)CCc2ccccc2N)n1. The van der Waals surface area contributed by atoms with Crippen LogP contribution in [0.15, 0.2) is 29.6 Å². The number of hydrogen-bond donors (Lipinski definition) is 2. The Morgan fingerprint density at radius 1 is 1.32 bits per heavy atom. The molecule has 3 N–H and O–H groups in total. The highest BCUT2D eigenvalue weighted by atomic mass is 32.1. The van der Waals surface area contributed by atoms with Crippen LogP contribution >= 0.6 is 11.3 Å². The maximum atomic E-state index is 11.9. The van der Waals surface area contributed by atoms with Gasteiger partial charge >= 0.3 is 0 Å². The predicted molar refractivity (Wildman–Crippen MR) is 91.8 cm³/mol. The number of anilines is 1. The number of aryl methyl sites for hydroxylation is 1. The number of rotatable bonds is 5. The first-order valence-electron chi connectivity index (χ1n) is 7.41. The first-order chi connectivity index (χ1) is 10.4. The third-order valence-electron chi connectivity index (χ3n) is 3.43. The molecule has 0 bridgehead atoms. The highest BCUT2D eigenvalue weighted by molar-refractivity contribution is 7.09. The molecule has 0 aliphatic heterocycles. The molecule has 0 spiro atoms. The fraction of sp³-hybridized carbons (Fsp3) is 0.412. The molecule has 1 aromatic heterocycles. The Labute approximate surface area is 135 Å². The molecule has 2 rings (SSSR count). The normalized spacial score (nSPS) is 11.4. The van der Waals surface area contributed by atoms with E-state index in [4.69, 9.17) is 5.73 Å². The Hall–Kier alpha value is -1.88. The standard InChI is InChI=1S/C17H23N3OS/c1-17(2,3)14-11-22-16(20-14)10-19-15(21)9-8-12-6-4-5-7-13(12)18/h4-7,11H,8-10,18H2,1-3H3,(H,19,21). The van der Waals surface area contributed by atoms with E-state index < -0.39 is 0 Å². The molecule has 0 saturated heterocycles. The van der Waals surface area contributed by atoms with Crippen molar-refractivity contribution in [2.24, 2.45) is 0 Å². The van der Waals surface area contributed by atoms with Crippen LogP contribution in [0, 0.1) is 0 Å². The van der Waals surface area contributed by atoms with E-state index in [-0.39, 0.29) is 11.3 Å². The molecule has 2 aromatic rings. The molecule has 0 aliphatic carbocycles. The zero-order chi connectivity index (χ0) is 16.2. The lowest BCUT2D eigenvalue weighted by molar-refractivity contribution is -0.121. The number of nitrogens with one attached hydrogen (secondary N) is 1. The van der Waals surface area contributed by atoms with Crippen LogP contribution in [0.25, 0.3) is 0 Å². The maximum absolute atomic E-state index is 11.9. The Bertz CT molecular complexity index is 643. The number of nitrogen functional groups attached to an aromatic ring is 1. The summed E-state index contributed by atoms with van der Waals surface area (Å²) in [6.07, 6.45) is 1.09. The third-order valence-corrected chi connectivity index (χ3v) is 4.28. The summed E-state index contributed by atoms with van der Waals surface area (Å²) in [6.45, 7) is 6.89. The zero-order valence-corrected chi connectivity index (χ0v) is 14.2. The van der Waals surface area contributed by atoms with Crippen molar-refractivity contribution in [3.8, 4) is 0 Å². The summed E-state index contributed by atoms with van der Waals surface area (Å²) in [5.74, 6) is 0.0239. The quantitative estimate of drug-likeness (QED) is 0.832. The molecule has 0 aliphatic rings. The van der Waals surface area contributed by atoms with Crippen molar-refractivity contribution in [1.82, 2.24) is 10.3 Å². The van der Waals surface area contributed by atoms with Crippen molar-refractivity contribution in [3.05, 3.63) is 45.9 Å². The summed E-state index contributed by atoms with van der Waals surface area (Å²) in [5.41, 5.74) is 8.75. The lowest BCUT2D eigenvalue weighted by Crippen LogP contribution is -2.23. The molecule has 0 atom stereocenters. The van der Waals surface area contributed by atoms with Gasteiger partial charge in [-0.25, -0.2) is 4.98 Å². The van der Waals surface area contributed by atoms with Gasteiger partial charge in [0.2, 0.25) is 5.91 Å². The van der Waals surface area contributed by atoms with E-state index in [1.807, 2.05) is 24.3 Å². The number of nitrogens with two attached hydrogens (primary N) is 1. The van der Waals surface area contributed by atoms with Gasteiger partial charge in [0.15, 0.2) is 0 Å². The molecule has 118 valence electrons. The first-order valence-corrected chi connectivity index (χ1v) is 8.29. The van der Waals surface area contributed by atoms with Crippen LogP contribution in [-0.4, -0.2) is 10.9 Å². The van der Waals surface area contributed by atoms with E-state index in [9.17, 15) is 4.79 Å². The Morgan fingerprint density at radius 2 is 2.05 bits per heavy atom. The topological polar surface area (TPSA) is 68.0 Å². The van der Waals surface area contributed by atoms with Crippen molar-refractivity contribution < 1.29 is 4.79 Å². The third kappa shape index (κ3) is 4.56. The highest BCUT2D eigenvalue weighted by Crippen LogP contribution is 2.23. The van der Waals surface area contributed by atoms with Crippen molar-refractivity contribution >= 4 is 22.9 Å². The molecule has 0 radical (unpaired) electrons. The fourth-order valence-corrected chi connectivity index (χ4v) is 2.97. The number of thiazole rings is 1.